The van der Waals surface area contributed by atoms with Crippen molar-refractivity contribution in [3.63, 3.8) is 0 Å². The third-order valence-corrected chi connectivity index (χ3v) is 11.2. The smallest absolute Gasteiger partial charge is 0.220 e. The minimum Gasteiger partial charge on any atom is -0.394 e. The quantitative estimate of drug-likeness (QED) is 0.0423. The lowest BCUT2D eigenvalue weighted by Gasteiger charge is -2.22. The van der Waals surface area contributed by atoms with Crippen LogP contribution in [0.3, 0.4) is 0 Å². The Morgan fingerprint density at radius 3 is 1.12 bits per heavy atom. The topological polar surface area (TPSA) is 69.6 Å². The molecule has 0 aromatic carbocycles. The molecule has 0 aliphatic heterocycles. The van der Waals surface area contributed by atoms with Crippen LogP contribution in [0.25, 0.3) is 0 Å². The SMILES string of the molecule is CC/C=C\C/C=C\C/C=C\C/C=C\C/C=C\C/C=C\C/C=C\CCCCCCCCCCCCCC(=O)NC(CO)C(O)CCCCCCCCCCCCCCCC. The molecule has 0 bridgehead atoms. The number of amides is 1. The van der Waals surface area contributed by atoms with Gasteiger partial charge in [0.15, 0.2) is 0 Å². The second-order valence-electron chi connectivity index (χ2n) is 16.9. The van der Waals surface area contributed by atoms with Gasteiger partial charge in [0.2, 0.25) is 5.91 Å². The van der Waals surface area contributed by atoms with Crippen molar-refractivity contribution in [2.24, 2.45) is 0 Å². The van der Waals surface area contributed by atoms with E-state index in [0.29, 0.717) is 12.8 Å². The maximum Gasteiger partial charge on any atom is 0.220 e. The lowest BCUT2D eigenvalue weighted by atomic mass is 10.0. The zero-order valence-electron chi connectivity index (χ0n) is 39.0. The fourth-order valence-corrected chi connectivity index (χ4v) is 7.34. The Bertz CT molecular complexity index is 1070. The van der Waals surface area contributed by atoms with Crippen molar-refractivity contribution in [1.29, 1.82) is 0 Å². The Balaban J connectivity index is 3.54. The summed E-state index contributed by atoms with van der Waals surface area (Å²) in [5, 5.41) is 23.2. The van der Waals surface area contributed by atoms with Gasteiger partial charge in [0, 0.05) is 6.42 Å². The molecule has 4 nitrogen and oxygen atoms in total. The van der Waals surface area contributed by atoms with Gasteiger partial charge >= 0.3 is 0 Å². The normalized spacial score (nSPS) is 13.6. The van der Waals surface area contributed by atoms with Crippen LogP contribution in [0, 0.1) is 0 Å². The summed E-state index contributed by atoms with van der Waals surface area (Å²) >= 11 is 0. The van der Waals surface area contributed by atoms with E-state index >= 15 is 0 Å². The van der Waals surface area contributed by atoms with E-state index in [0.717, 1.165) is 70.6 Å². The molecule has 4 heteroatoms. The van der Waals surface area contributed by atoms with Crippen LogP contribution in [0.1, 0.15) is 239 Å². The molecule has 1 amide bonds. The molecule has 0 aromatic rings. The second-order valence-corrected chi connectivity index (χ2v) is 16.9. The van der Waals surface area contributed by atoms with E-state index in [1.165, 1.54) is 141 Å². The molecule has 0 fully saturated rings. The first-order valence-corrected chi connectivity index (χ1v) is 25.3. The first-order valence-electron chi connectivity index (χ1n) is 25.3. The Morgan fingerprint density at radius 1 is 0.424 bits per heavy atom. The number of unbranched alkanes of at least 4 members (excludes halogenated alkanes) is 24. The van der Waals surface area contributed by atoms with Gasteiger partial charge in [0.05, 0.1) is 18.8 Å². The first kappa shape index (κ1) is 56.6. The number of rotatable bonds is 45. The molecule has 2 unspecified atom stereocenters. The van der Waals surface area contributed by atoms with Crippen LogP contribution in [0.4, 0.5) is 0 Å². The van der Waals surface area contributed by atoms with Gasteiger partial charge < -0.3 is 15.5 Å². The second kappa shape index (κ2) is 49.9. The fourth-order valence-electron chi connectivity index (χ4n) is 7.34. The van der Waals surface area contributed by atoms with Crippen molar-refractivity contribution in [1.82, 2.24) is 5.32 Å². The Kier molecular flexibility index (Phi) is 47.9. The van der Waals surface area contributed by atoms with Gasteiger partial charge in [-0.3, -0.25) is 4.79 Å². The lowest BCUT2D eigenvalue weighted by molar-refractivity contribution is -0.123. The molecule has 0 saturated heterocycles. The molecule has 0 spiro atoms. The van der Waals surface area contributed by atoms with Gasteiger partial charge in [0.1, 0.15) is 0 Å². The number of aliphatic hydroxyl groups excluding tert-OH is 2. The third-order valence-electron chi connectivity index (χ3n) is 11.2. The van der Waals surface area contributed by atoms with E-state index in [1.807, 2.05) is 0 Å². The summed E-state index contributed by atoms with van der Waals surface area (Å²) in [5.41, 5.74) is 0. The van der Waals surface area contributed by atoms with E-state index in [-0.39, 0.29) is 12.5 Å². The van der Waals surface area contributed by atoms with Crippen molar-refractivity contribution < 1.29 is 15.0 Å². The molecule has 0 heterocycles. The highest BCUT2D eigenvalue weighted by Gasteiger charge is 2.20. The highest BCUT2D eigenvalue weighted by molar-refractivity contribution is 5.76. The van der Waals surface area contributed by atoms with Crippen molar-refractivity contribution in [2.45, 2.75) is 251 Å². The summed E-state index contributed by atoms with van der Waals surface area (Å²) in [4.78, 5) is 12.4. The fraction of sp³-hybridized carbons (Fsp3) is 0.727. The molecular formula is C55H97NO3. The highest BCUT2D eigenvalue weighted by atomic mass is 16.3. The molecular weight excluding hydrogens is 723 g/mol. The maximum atomic E-state index is 12.4. The highest BCUT2D eigenvalue weighted by Crippen LogP contribution is 2.16. The molecule has 59 heavy (non-hydrogen) atoms. The molecule has 0 aliphatic rings. The van der Waals surface area contributed by atoms with Crippen molar-refractivity contribution >= 4 is 5.91 Å². The molecule has 0 aromatic heterocycles. The molecule has 0 aliphatic carbocycles. The van der Waals surface area contributed by atoms with Gasteiger partial charge in [-0.1, -0.05) is 247 Å². The summed E-state index contributed by atoms with van der Waals surface area (Å²) in [6.45, 7) is 4.24. The monoisotopic (exact) mass is 820 g/mol. The molecule has 3 N–H and O–H groups in total. The first-order chi connectivity index (χ1) is 29.2. The Morgan fingerprint density at radius 2 is 0.746 bits per heavy atom. The van der Waals surface area contributed by atoms with E-state index in [4.69, 9.17) is 0 Å². The number of hydrogen-bond donors (Lipinski definition) is 3. The zero-order chi connectivity index (χ0) is 42.8. The van der Waals surface area contributed by atoms with Crippen molar-refractivity contribution in [2.75, 3.05) is 6.61 Å². The van der Waals surface area contributed by atoms with Gasteiger partial charge in [-0.2, -0.15) is 0 Å². The van der Waals surface area contributed by atoms with E-state index in [2.05, 4.69) is 104 Å². The van der Waals surface area contributed by atoms with Gasteiger partial charge in [-0.05, 0) is 70.6 Å². The summed E-state index contributed by atoms with van der Waals surface area (Å²) in [6.07, 6.45) is 72.5. The standard InChI is InChI=1S/C55H97NO3/c1-3-5-7-9-11-13-15-17-19-20-21-22-23-24-25-26-27-28-29-30-31-32-33-34-35-36-37-39-41-43-45-47-49-51-55(59)56-53(52-57)54(58)50-48-46-44-42-40-38-18-16-14-12-10-8-6-4-2/h5,7,11,13,17,19,21-22,24-25,27-28,30-31,53-54,57-58H,3-4,6,8-10,12,14-16,18,20,23,26,29,32-52H2,1-2H3,(H,56,59)/b7-5-,13-11-,19-17-,22-21-,25-24-,28-27-,31-30-. The van der Waals surface area contributed by atoms with Crippen LogP contribution < -0.4 is 5.32 Å². The van der Waals surface area contributed by atoms with Gasteiger partial charge in [-0.25, -0.2) is 0 Å². The number of carbonyl (C=O) groups is 1. The van der Waals surface area contributed by atoms with E-state index < -0.39 is 12.1 Å². The van der Waals surface area contributed by atoms with Crippen molar-refractivity contribution in [3.8, 4) is 0 Å². The predicted molar refractivity (Wildman–Crippen MR) is 262 cm³/mol. The average Bonchev–Trinajstić information content (AvgIpc) is 3.24. The largest absolute Gasteiger partial charge is 0.394 e. The number of nitrogens with one attached hydrogen (secondary N) is 1. The van der Waals surface area contributed by atoms with Gasteiger partial charge in [0.25, 0.3) is 0 Å². The molecule has 0 radical (unpaired) electrons. The van der Waals surface area contributed by atoms with Crippen LogP contribution in [0.15, 0.2) is 85.1 Å². The number of aliphatic hydroxyl groups is 2. The summed E-state index contributed by atoms with van der Waals surface area (Å²) in [5.74, 6) is -0.0376. The molecule has 340 valence electrons. The minimum absolute atomic E-state index is 0.0376. The van der Waals surface area contributed by atoms with Crippen LogP contribution >= 0.6 is 0 Å². The average molecular weight is 820 g/mol. The van der Waals surface area contributed by atoms with Gasteiger partial charge in [-0.15, -0.1) is 0 Å². The van der Waals surface area contributed by atoms with Crippen LogP contribution in [-0.2, 0) is 4.79 Å². The van der Waals surface area contributed by atoms with Crippen molar-refractivity contribution in [3.05, 3.63) is 85.1 Å². The molecule has 0 saturated carbocycles. The third kappa shape index (κ3) is 46.5. The van der Waals surface area contributed by atoms with Crippen LogP contribution in [0.5, 0.6) is 0 Å². The summed E-state index contributed by atoms with van der Waals surface area (Å²) in [6, 6.07) is -0.542. The number of carbonyl (C=O) groups excluding carboxylic acids is 1. The Labute approximate surface area is 367 Å². The zero-order valence-corrected chi connectivity index (χ0v) is 39.0. The maximum absolute atomic E-state index is 12.4. The van der Waals surface area contributed by atoms with E-state index in [9.17, 15) is 15.0 Å². The minimum atomic E-state index is -0.664. The summed E-state index contributed by atoms with van der Waals surface area (Å²) in [7, 11) is 0. The Hall–Kier alpha value is -2.43. The lowest BCUT2D eigenvalue weighted by Crippen LogP contribution is -2.45. The van der Waals surface area contributed by atoms with Crippen LogP contribution in [0.2, 0.25) is 0 Å². The number of allylic oxidation sites excluding steroid dienone is 14. The number of hydrogen-bond acceptors (Lipinski definition) is 3. The van der Waals surface area contributed by atoms with E-state index in [1.54, 1.807) is 0 Å². The molecule has 2 atom stereocenters. The summed E-state index contributed by atoms with van der Waals surface area (Å²) < 4.78 is 0. The molecule has 0 rings (SSSR count). The van der Waals surface area contributed by atoms with Crippen LogP contribution in [-0.4, -0.2) is 34.9 Å². The predicted octanol–water partition coefficient (Wildman–Crippen LogP) is 16.4.